The average Bonchev–Trinajstić information content (AvgIpc) is 2.13. The maximum absolute atomic E-state index is 12.9. The van der Waals surface area contributed by atoms with Gasteiger partial charge in [-0.2, -0.15) is 0 Å². The number of nitrogens with two attached hydrogens (primary N) is 1. The molecule has 0 fully saturated rings. The number of hydrogen-bond acceptors (Lipinski definition) is 3. The van der Waals surface area contributed by atoms with Gasteiger partial charge in [-0.25, -0.2) is 14.6 Å². The van der Waals surface area contributed by atoms with E-state index >= 15 is 0 Å². The summed E-state index contributed by atoms with van der Waals surface area (Å²) in [6, 6.07) is 0. The van der Waals surface area contributed by atoms with Crippen LogP contribution in [0.3, 0.4) is 0 Å². The number of hydrazine groups is 1. The van der Waals surface area contributed by atoms with Gasteiger partial charge in [0.2, 0.25) is 5.91 Å². The number of hydrogen-bond donors (Lipinski definition) is 2. The molecule has 1 atom stereocenters. The predicted molar refractivity (Wildman–Crippen MR) is 47.6 cm³/mol. The molecule has 84 valence electrons. The molecule has 0 aliphatic heterocycles. The molecule has 0 aliphatic rings. The van der Waals surface area contributed by atoms with Crippen LogP contribution in [-0.4, -0.2) is 24.5 Å². The summed E-state index contributed by atoms with van der Waals surface area (Å²) < 4.78 is 30.7. The van der Waals surface area contributed by atoms with E-state index in [1.54, 1.807) is 12.3 Å². The molecule has 0 aliphatic carbocycles. The summed E-state index contributed by atoms with van der Waals surface area (Å²) in [4.78, 5) is 10.6. The molecule has 14 heavy (non-hydrogen) atoms. The highest BCUT2D eigenvalue weighted by molar-refractivity contribution is 5.76. The Morgan fingerprint density at radius 2 is 2.21 bits per heavy atom. The molecule has 0 saturated heterocycles. The van der Waals surface area contributed by atoms with Crippen LogP contribution in [0.1, 0.15) is 26.7 Å². The first-order valence-electron chi connectivity index (χ1n) is 4.40. The summed E-state index contributed by atoms with van der Waals surface area (Å²) in [6.07, 6.45) is -0.527. The van der Waals surface area contributed by atoms with Crippen molar-refractivity contribution in [2.24, 2.45) is 5.84 Å². The van der Waals surface area contributed by atoms with Crippen LogP contribution in [0.5, 0.6) is 0 Å². The van der Waals surface area contributed by atoms with Crippen molar-refractivity contribution in [1.29, 1.82) is 0 Å². The monoisotopic (exact) mass is 210 g/mol. The number of carbonyl (C=O) groups excluding carboxylic acids is 1. The van der Waals surface area contributed by atoms with Crippen LogP contribution >= 0.6 is 0 Å². The molecule has 6 heteroatoms. The van der Waals surface area contributed by atoms with E-state index in [1.165, 1.54) is 0 Å². The zero-order chi connectivity index (χ0) is 11.2. The summed E-state index contributed by atoms with van der Waals surface area (Å²) in [5, 5.41) is 0. The molecule has 0 spiro atoms. The third-order valence-corrected chi connectivity index (χ3v) is 1.73. The van der Waals surface area contributed by atoms with Gasteiger partial charge >= 0.3 is 0 Å². The van der Waals surface area contributed by atoms with E-state index in [0.717, 1.165) is 0 Å². The van der Waals surface area contributed by atoms with E-state index in [1.807, 2.05) is 6.92 Å². The highest BCUT2D eigenvalue weighted by Gasteiger charge is 2.32. The predicted octanol–water partition coefficient (Wildman–Crippen LogP) is 0.817. The van der Waals surface area contributed by atoms with Gasteiger partial charge in [0.05, 0.1) is 12.5 Å². The first kappa shape index (κ1) is 13.2. The lowest BCUT2D eigenvalue weighted by Crippen LogP contribution is -2.37. The van der Waals surface area contributed by atoms with E-state index in [0.29, 0.717) is 6.42 Å². The number of alkyl halides is 2. The van der Waals surface area contributed by atoms with E-state index in [9.17, 15) is 13.6 Å². The van der Waals surface area contributed by atoms with Gasteiger partial charge in [-0.3, -0.25) is 10.2 Å². The summed E-state index contributed by atoms with van der Waals surface area (Å²) in [5.74, 6) is 0.628. The molecular weight excluding hydrogens is 194 g/mol. The quantitative estimate of drug-likeness (QED) is 0.387. The number of amides is 1. The largest absolute Gasteiger partial charge is 0.372 e. The van der Waals surface area contributed by atoms with Crippen LogP contribution in [0.4, 0.5) is 8.78 Å². The van der Waals surface area contributed by atoms with E-state index in [4.69, 9.17) is 4.74 Å². The van der Waals surface area contributed by atoms with Crippen molar-refractivity contribution in [3.05, 3.63) is 0 Å². The van der Waals surface area contributed by atoms with Crippen LogP contribution in [0.2, 0.25) is 0 Å². The Morgan fingerprint density at radius 3 is 2.64 bits per heavy atom. The van der Waals surface area contributed by atoms with Gasteiger partial charge in [-0.15, -0.1) is 0 Å². The van der Waals surface area contributed by atoms with E-state index in [-0.39, 0.29) is 6.10 Å². The minimum atomic E-state index is -3.16. The molecule has 0 bridgehead atoms. The molecule has 3 N–H and O–H groups in total. The third-order valence-electron chi connectivity index (χ3n) is 1.73. The van der Waals surface area contributed by atoms with Crippen molar-refractivity contribution in [3.63, 3.8) is 0 Å². The van der Waals surface area contributed by atoms with Gasteiger partial charge in [0.1, 0.15) is 6.61 Å². The molecule has 0 aromatic heterocycles. The molecule has 1 unspecified atom stereocenters. The van der Waals surface area contributed by atoms with Crippen molar-refractivity contribution < 1.29 is 18.3 Å². The van der Waals surface area contributed by atoms with Gasteiger partial charge in [-0.1, -0.05) is 6.92 Å². The van der Waals surface area contributed by atoms with Crippen LogP contribution < -0.4 is 11.3 Å². The molecule has 0 aromatic carbocycles. The Kier molecular flexibility index (Phi) is 5.56. The summed E-state index contributed by atoms with van der Waals surface area (Å²) in [5.41, 5.74) is 1.65. The maximum Gasteiger partial charge on any atom is 0.279 e. The van der Waals surface area contributed by atoms with Gasteiger partial charge in [-0.05, 0) is 13.3 Å². The third kappa shape index (κ3) is 5.82. The zero-order valence-corrected chi connectivity index (χ0v) is 8.35. The normalized spacial score (nSPS) is 13.8. The fourth-order valence-corrected chi connectivity index (χ4v) is 0.719. The summed E-state index contributed by atoms with van der Waals surface area (Å²) in [7, 11) is 0. The number of halogens is 2. The van der Waals surface area contributed by atoms with Crippen molar-refractivity contribution in [2.45, 2.75) is 38.7 Å². The molecule has 0 heterocycles. The highest BCUT2D eigenvalue weighted by atomic mass is 19.3. The van der Waals surface area contributed by atoms with Gasteiger partial charge < -0.3 is 4.74 Å². The lowest BCUT2D eigenvalue weighted by atomic mass is 10.2. The fourth-order valence-electron chi connectivity index (χ4n) is 0.719. The zero-order valence-electron chi connectivity index (χ0n) is 8.35. The van der Waals surface area contributed by atoms with Crippen molar-refractivity contribution in [2.75, 3.05) is 6.61 Å². The Labute approximate surface area is 81.8 Å². The molecule has 4 nitrogen and oxygen atoms in total. The smallest absolute Gasteiger partial charge is 0.279 e. The lowest BCUT2D eigenvalue weighted by Gasteiger charge is -2.18. The standard InChI is InChI=1S/C8H16F2N2O2/c1-3-6(2)14-5-8(9,10)4-7(13)12-11/h6H,3-5,11H2,1-2H3,(H,12,13). The first-order valence-corrected chi connectivity index (χ1v) is 4.40. The Morgan fingerprint density at radius 1 is 1.64 bits per heavy atom. The van der Waals surface area contributed by atoms with Crippen LogP contribution in [0.15, 0.2) is 0 Å². The number of rotatable bonds is 6. The van der Waals surface area contributed by atoms with Crippen LogP contribution in [-0.2, 0) is 9.53 Å². The Hall–Kier alpha value is -0.750. The Balaban J connectivity index is 3.88. The van der Waals surface area contributed by atoms with E-state index < -0.39 is 24.9 Å². The molecule has 0 saturated carbocycles. The van der Waals surface area contributed by atoms with Crippen molar-refractivity contribution >= 4 is 5.91 Å². The molecular formula is C8H16F2N2O2. The first-order chi connectivity index (χ1) is 6.41. The lowest BCUT2D eigenvalue weighted by molar-refractivity contribution is -0.137. The van der Waals surface area contributed by atoms with Crippen LogP contribution in [0, 0.1) is 0 Å². The minimum absolute atomic E-state index is 0.234. The SMILES string of the molecule is CCC(C)OCC(F)(F)CC(=O)NN. The van der Waals surface area contributed by atoms with Crippen molar-refractivity contribution in [3.8, 4) is 0 Å². The van der Waals surface area contributed by atoms with Gasteiger partial charge in [0.15, 0.2) is 0 Å². The summed E-state index contributed by atoms with van der Waals surface area (Å²) >= 11 is 0. The molecule has 0 aromatic rings. The fraction of sp³-hybridized carbons (Fsp3) is 0.875. The van der Waals surface area contributed by atoms with E-state index in [2.05, 4.69) is 5.84 Å². The second-order valence-electron chi connectivity index (χ2n) is 3.13. The second-order valence-corrected chi connectivity index (χ2v) is 3.13. The maximum atomic E-state index is 12.9. The molecule has 1 amide bonds. The Bertz CT molecular complexity index is 188. The van der Waals surface area contributed by atoms with Gasteiger partial charge in [0, 0.05) is 0 Å². The molecule has 0 radical (unpaired) electrons. The number of ether oxygens (including phenoxy) is 1. The minimum Gasteiger partial charge on any atom is -0.372 e. The summed E-state index contributed by atoms with van der Waals surface area (Å²) in [6.45, 7) is 2.77. The highest BCUT2D eigenvalue weighted by Crippen LogP contribution is 2.19. The topological polar surface area (TPSA) is 64.3 Å². The van der Waals surface area contributed by atoms with Crippen LogP contribution in [0.25, 0.3) is 0 Å². The number of nitrogens with one attached hydrogen (secondary N) is 1. The molecule has 0 rings (SSSR count). The average molecular weight is 210 g/mol. The van der Waals surface area contributed by atoms with Crippen molar-refractivity contribution in [1.82, 2.24) is 5.43 Å². The number of carbonyl (C=O) groups is 1. The second kappa shape index (κ2) is 5.87. The van der Waals surface area contributed by atoms with Gasteiger partial charge in [0.25, 0.3) is 5.92 Å².